The molecule has 0 saturated carbocycles. The van der Waals surface area contributed by atoms with Crippen molar-refractivity contribution in [2.24, 2.45) is 0 Å². The summed E-state index contributed by atoms with van der Waals surface area (Å²) >= 11 is 0. The molecule has 0 radical (unpaired) electrons. The van der Waals surface area contributed by atoms with Crippen molar-refractivity contribution in [2.75, 3.05) is 13.3 Å². The summed E-state index contributed by atoms with van der Waals surface area (Å²) in [5, 5.41) is 3.84. The van der Waals surface area contributed by atoms with Crippen LogP contribution in [0.25, 0.3) is 6.08 Å². The molecule has 2 heterocycles. The van der Waals surface area contributed by atoms with Crippen LogP contribution in [0.5, 0.6) is 11.5 Å². The number of ether oxygens (including phenoxy) is 2. The van der Waals surface area contributed by atoms with Gasteiger partial charge in [0, 0.05) is 12.0 Å². The Bertz CT molecular complexity index is 1190. The lowest BCUT2D eigenvalue weighted by molar-refractivity contribution is -0.121. The molecule has 1 N–H and O–H groups in total. The molecule has 3 aromatic rings. The molecule has 0 atom stereocenters. The molecule has 8 nitrogen and oxygen atoms in total. The van der Waals surface area contributed by atoms with Gasteiger partial charge in [-0.1, -0.05) is 36.4 Å². The first-order valence-electron chi connectivity index (χ1n) is 9.90. The molecule has 9 heteroatoms. The summed E-state index contributed by atoms with van der Waals surface area (Å²) in [6.07, 6.45) is 2.95. The van der Waals surface area contributed by atoms with Gasteiger partial charge >= 0.3 is 0 Å². The summed E-state index contributed by atoms with van der Waals surface area (Å²) in [6, 6.07) is 17.8. The van der Waals surface area contributed by atoms with Crippen molar-refractivity contribution in [2.45, 2.75) is 13.1 Å². The lowest BCUT2D eigenvalue weighted by Crippen LogP contribution is -2.39. The fourth-order valence-corrected chi connectivity index (χ4v) is 4.20. The van der Waals surface area contributed by atoms with Crippen LogP contribution >= 0.6 is 0 Å². The maximum atomic E-state index is 13.0. The first kappa shape index (κ1) is 21.7. The van der Waals surface area contributed by atoms with Crippen molar-refractivity contribution >= 4 is 22.0 Å². The number of fused-ring (bicyclic) bond motifs is 1. The van der Waals surface area contributed by atoms with E-state index in [0.717, 1.165) is 20.8 Å². The number of hydrogen-bond acceptors (Lipinski definition) is 6. The highest BCUT2D eigenvalue weighted by Gasteiger charge is 2.24. The number of hydrogen-bond donors (Lipinski definition) is 1. The molecule has 4 rings (SSSR count). The highest BCUT2D eigenvalue weighted by molar-refractivity contribution is 7.92. The molecule has 1 aromatic heterocycles. The van der Waals surface area contributed by atoms with Crippen molar-refractivity contribution in [3.8, 4) is 11.5 Å². The second-order valence-electron chi connectivity index (χ2n) is 7.07. The maximum absolute atomic E-state index is 13.0. The first-order chi connectivity index (χ1) is 15.5. The third-order valence-electron chi connectivity index (χ3n) is 4.75. The van der Waals surface area contributed by atoms with Crippen LogP contribution in [-0.2, 0) is 27.9 Å². The van der Waals surface area contributed by atoms with E-state index in [1.807, 2.05) is 24.3 Å². The van der Waals surface area contributed by atoms with Crippen LogP contribution in [0.1, 0.15) is 16.9 Å². The smallest absolute Gasteiger partial charge is 0.237 e. The van der Waals surface area contributed by atoms with Gasteiger partial charge in [-0.3, -0.25) is 4.79 Å². The summed E-state index contributed by atoms with van der Waals surface area (Å²) < 4.78 is 42.9. The highest BCUT2D eigenvalue weighted by atomic mass is 32.2. The molecule has 1 aliphatic rings. The normalized spacial score (nSPS) is 13.0. The molecule has 0 fully saturated rings. The number of sulfonamides is 1. The van der Waals surface area contributed by atoms with Gasteiger partial charge in [0.05, 0.1) is 19.4 Å². The van der Waals surface area contributed by atoms with Crippen LogP contribution in [0.15, 0.2) is 76.8 Å². The van der Waals surface area contributed by atoms with Crippen molar-refractivity contribution < 1.29 is 27.1 Å². The minimum absolute atomic E-state index is 0.0636. The Labute approximate surface area is 186 Å². The van der Waals surface area contributed by atoms with Gasteiger partial charge in [0.25, 0.3) is 0 Å². The van der Waals surface area contributed by atoms with E-state index in [9.17, 15) is 13.2 Å². The Balaban J connectivity index is 1.43. The van der Waals surface area contributed by atoms with E-state index >= 15 is 0 Å². The van der Waals surface area contributed by atoms with Crippen molar-refractivity contribution in [3.05, 3.63) is 89.2 Å². The van der Waals surface area contributed by atoms with E-state index in [4.69, 9.17) is 13.9 Å². The lowest BCUT2D eigenvalue weighted by Gasteiger charge is -2.19. The van der Waals surface area contributed by atoms with E-state index in [-0.39, 0.29) is 26.4 Å². The molecule has 0 bridgehead atoms. The molecule has 1 aliphatic heterocycles. The Hall–Kier alpha value is -3.56. The van der Waals surface area contributed by atoms with Gasteiger partial charge < -0.3 is 19.2 Å². The van der Waals surface area contributed by atoms with Gasteiger partial charge in [-0.05, 0) is 41.5 Å². The Morgan fingerprint density at radius 2 is 1.84 bits per heavy atom. The van der Waals surface area contributed by atoms with Gasteiger partial charge in [-0.25, -0.2) is 8.42 Å². The number of nitrogens with zero attached hydrogens (tertiary/aromatic N) is 1. The van der Waals surface area contributed by atoms with Gasteiger partial charge in [0.1, 0.15) is 5.76 Å². The number of rotatable bonds is 9. The van der Waals surface area contributed by atoms with Crippen LogP contribution in [0, 0.1) is 0 Å². The fourth-order valence-electron chi connectivity index (χ4n) is 3.09. The van der Waals surface area contributed by atoms with Crippen molar-refractivity contribution in [1.82, 2.24) is 9.62 Å². The number of furan rings is 1. The van der Waals surface area contributed by atoms with Crippen LogP contribution in [0.4, 0.5) is 0 Å². The SMILES string of the molecule is O=C(CN(Cc1ccco1)S(=O)(=O)/C=C/c1ccccc1)NCc1ccc2c(c1)OCO2. The summed E-state index contributed by atoms with van der Waals surface area (Å²) in [4.78, 5) is 12.6. The molecule has 1 amide bonds. The quantitative estimate of drug-likeness (QED) is 0.534. The Morgan fingerprint density at radius 3 is 2.62 bits per heavy atom. The first-order valence-corrected chi connectivity index (χ1v) is 11.4. The van der Waals surface area contributed by atoms with Crippen LogP contribution in [-0.4, -0.2) is 32.0 Å². The zero-order valence-corrected chi connectivity index (χ0v) is 18.0. The summed E-state index contributed by atoms with van der Waals surface area (Å²) in [6.45, 7) is -0.0240. The summed E-state index contributed by atoms with van der Waals surface area (Å²) in [5.74, 6) is 1.27. The molecule has 2 aromatic carbocycles. The predicted molar refractivity (Wildman–Crippen MR) is 118 cm³/mol. The maximum Gasteiger partial charge on any atom is 0.237 e. The van der Waals surface area contributed by atoms with Gasteiger partial charge in [-0.2, -0.15) is 4.31 Å². The lowest BCUT2D eigenvalue weighted by atomic mass is 10.2. The zero-order chi connectivity index (χ0) is 22.4. The van der Waals surface area contributed by atoms with E-state index < -0.39 is 15.9 Å². The zero-order valence-electron chi connectivity index (χ0n) is 17.1. The molecule has 0 spiro atoms. The largest absolute Gasteiger partial charge is 0.468 e. The van der Waals surface area contributed by atoms with E-state index in [2.05, 4.69) is 5.32 Å². The van der Waals surface area contributed by atoms with Crippen LogP contribution in [0.2, 0.25) is 0 Å². The minimum Gasteiger partial charge on any atom is -0.468 e. The van der Waals surface area contributed by atoms with Gasteiger partial charge in [0.2, 0.25) is 22.7 Å². The molecule has 0 aliphatic carbocycles. The predicted octanol–water partition coefficient (Wildman–Crippen LogP) is 3.13. The average molecular weight is 455 g/mol. The van der Waals surface area contributed by atoms with Gasteiger partial charge in [-0.15, -0.1) is 0 Å². The average Bonchev–Trinajstić information content (AvgIpc) is 3.48. The molecule has 0 unspecified atom stereocenters. The standard InChI is InChI=1S/C23H22N2O6S/c26-23(24-14-19-8-9-21-22(13-19)31-17-30-21)16-25(15-20-7-4-11-29-20)32(27,28)12-10-18-5-2-1-3-6-18/h1-13H,14-17H2,(H,24,26)/b12-10+. The topological polar surface area (TPSA) is 98.1 Å². The Kier molecular flexibility index (Phi) is 6.58. The third kappa shape index (κ3) is 5.57. The van der Waals surface area contributed by atoms with E-state index in [0.29, 0.717) is 17.3 Å². The van der Waals surface area contributed by atoms with Crippen molar-refractivity contribution in [3.63, 3.8) is 0 Å². The molecule has 0 saturated heterocycles. The van der Waals surface area contributed by atoms with E-state index in [1.165, 1.54) is 12.3 Å². The second kappa shape index (κ2) is 9.71. The third-order valence-corrected chi connectivity index (χ3v) is 6.21. The van der Waals surface area contributed by atoms with E-state index in [1.54, 1.807) is 36.4 Å². The summed E-state index contributed by atoms with van der Waals surface area (Å²) in [5.41, 5.74) is 1.55. The monoisotopic (exact) mass is 454 g/mol. The number of amides is 1. The van der Waals surface area contributed by atoms with Gasteiger partial charge in [0.15, 0.2) is 11.5 Å². The Morgan fingerprint density at radius 1 is 1.03 bits per heavy atom. The summed E-state index contributed by atoms with van der Waals surface area (Å²) in [7, 11) is -3.89. The number of carbonyl (C=O) groups is 1. The highest BCUT2D eigenvalue weighted by Crippen LogP contribution is 2.32. The fraction of sp³-hybridized carbons (Fsp3) is 0.174. The molecule has 32 heavy (non-hydrogen) atoms. The number of carbonyl (C=O) groups excluding carboxylic acids is 1. The molecule has 166 valence electrons. The van der Waals surface area contributed by atoms with Crippen LogP contribution in [0.3, 0.4) is 0 Å². The van der Waals surface area contributed by atoms with Crippen molar-refractivity contribution in [1.29, 1.82) is 0 Å². The minimum atomic E-state index is -3.89. The number of nitrogens with one attached hydrogen (secondary N) is 1. The van der Waals surface area contributed by atoms with Crippen LogP contribution < -0.4 is 14.8 Å². The molecular weight excluding hydrogens is 432 g/mol. The second-order valence-corrected chi connectivity index (χ2v) is 8.89. The molecular formula is C23H22N2O6S. The number of benzene rings is 2.